The van der Waals surface area contributed by atoms with Gasteiger partial charge in [0.15, 0.2) is 0 Å². The lowest BCUT2D eigenvalue weighted by Crippen LogP contribution is -2.26. The van der Waals surface area contributed by atoms with Crippen molar-refractivity contribution in [1.82, 2.24) is 0 Å². The van der Waals surface area contributed by atoms with E-state index < -0.39 is 0 Å². The number of anilines is 2. The Hall–Kier alpha value is -1.62. The Balaban J connectivity index is 1.97. The predicted molar refractivity (Wildman–Crippen MR) is 82.2 cm³/mol. The largest absolute Gasteiger partial charge is 0.378 e. The second-order valence-corrected chi connectivity index (χ2v) is 5.76. The molecular weight excluding hydrogens is 271 g/mol. The second-order valence-electron chi connectivity index (χ2n) is 5.76. The van der Waals surface area contributed by atoms with Crippen molar-refractivity contribution in [3.8, 4) is 0 Å². The van der Waals surface area contributed by atoms with Crippen LogP contribution in [-0.2, 0) is 9.53 Å². The van der Waals surface area contributed by atoms with Gasteiger partial charge in [-0.25, -0.2) is 4.39 Å². The van der Waals surface area contributed by atoms with Crippen LogP contribution in [0.5, 0.6) is 0 Å². The highest BCUT2D eigenvalue weighted by atomic mass is 19.1. The highest BCUT2D eigenvalue weighted by Crippen LogP contribution is 2.24. The molecule has 1 heterocycles. The van der Waals surface area contributed by atoms with Crippen LogP contribution in [0.1, 0.15) is 33.1 Å². The van der Waals surface area contributed by atoms with Crippen molar-refractivity contribution in [3.05, 3.63) is 24.0 Å². The topological polar surface area (TPSA) is 41.6 Å². The molecule has 1 amide bonds. The zero-order valence-corrected chi connectivity index (χ0v) is 12.9. The number of rotatable bonds is 5. The van der Waals surface area contributed by atoms with Crippen LogP contribution in [0.15, 0.2) is 18.2 Å². The number of nitrogens with zero attached hydrogens (tertiary/aromatic N) is 1. The first-order valence-corrected chi connectivity index (χ1v) is 7.41. The van der Waals surface area contributed by atoms with E-state index >= 15 is 0 Å². The summed E-state index contributed by atoms with van der Waals surface area (Å²) in [4.78, 5) is 13.7. The van der Waals surface area contributed by atoms with Crippen molar-refractivity contribution in [2.75, 3.05) is 23.9 Å². The number of amides is 1. The van der Waals surface area contributed by atoms with E-state index in [9.17, 15) is 9.18 Å². The van der Waals surface area contributed by atoms with Gasteiger partial charge in [-0.2, -0.15) is 0 Å². The molecule has 1 aliphatic rings. The minimum Gasteiger partial charge on any atom is -0.378 e. The molecule has 1 aromatic carbocycles. The van der Waals surface area contributed by atoms with Crippen LogP contribution in [0.2, 0.25) is 0 Å². The summed E-state index contributed by atoms with van der Waals surface area (Å²) in [5.74, 6) is -0.465. The van der Waals surface area contributed by atoms with Gasteiger partial charge < -0.3 is 15.0 Å². The molecule has 5 heteroatoms. The molecule has 0 unspecified atom stereocenters. The molecule has 0 aromatic heterocycles. The Morgan fingerprint density at radius 2 is 2.29 bits per heavy atom. The average Bonchev–Trinajstić information content (AvgIpc) is 2.90. The van der Waals surface area contributed by atoms with Gasteiger partial charge in [-0.1, -0.05) is 0 Å². The Bertz CT molecular complexity index is 499. The molecule has 0 aliphatic carbocycles. The standard InChI is InChI=1S/C16H23FN2O2/c1-11(2)19(3)15-7-6-12(9-14(15)17)18-16(20)10-13-5-4-8-21-13/h6-7,9,11,13H,4-5,8,10H2,1-3H3,(H,18,20)/t13-/m1/s1. The zero-order chi connectivity index (χ0) is 15.4. The fourth-order valence-electron chi connectivity index (χ4n) is 2.37. The highest BCUT2D eigenvalue weighted by molar-refractivity contribution is 5.91. The number of benzene rings is 1. The smallest absolute Gasteiger partial charge is 0.226 e. The Kier molecular flexibility index (Phi) is 5.17. The number of nitrogens with one attached hydrogen (secondary N) is 1. The van der Waals surface area contributed by atoms with Gasteiger partial charge in [-0.05, 0) is 44.9 Å². The van der Waals surface area contributed by atoms with E-state index in [0.717, 1.165) is 19.4 Å². The quantitative estimate of drug-likeness (QED) is 0.907. The van der Waals surface area contributed by atoms with Gasteiger partial charge in [-0.15, -0.1) is 0 Å². The number of carbonyl (C=O) groups excluding carboxylic acids is 1. The van der Waals surface area contributed by atoms with Crippen molar-refractivity contribution < 1.29 is 13.9 Å². The number of carbonyl (C=O) groups is 1. The van der Waals surface area contributed by atoms with E-state index in [1.165, 1.54) is 6.07 Å². The van der Waals surface area contributed by atoms with Gasteiger partial charge in [-0.3, -0.25) is 4.79 Å². The Labute approximate surface area is 125 Å². The lowest BCUT2D eigenvalue weighted by Gasteiger charge is -2.24. The maximum absolute atomic E-state index is 14.1. The SMILES string of the molecule is CC(C)N(C)c1ccc(NC(=O)C[C@H]2CCCO2)cc1F. The third-order valence-corrected chi connectivity index (χ3v) is 3.82. The highest BCUT2D eigenvalue weighted by Gasteiger charge is 2.19. The van der Waals surface area contributed by atoms with Gasteiger partial charge in [0.1, 0.15) is 5.82 Å². The molecule has 0 saturated carbocycles. The van der Waals surface area contributed by atoms with Crippen molar-refractivity contribution in [2.24, 2.45) is 0 Å². The summed E-state index contributed by atoms with van der Waals surface area (Å²) in [6.45, 7) is 4.72. The third kappa shape index (κ3) is 4.17. The Morgan fingerprint density at radius 3 is 2.86 bits per heavy atom. The van der Waals surface area contributed by atoms with Crippen molar-refractivity contribution in [2.45, 2.75) is 45.3 Å². The third-order valence-electron chi connectivity index (χ3n) is 3.82. The lowest BCUT2D eigenvalue weighted by molar-refractivity contribution is -0.118. The van der Waals surface area contributed by atoms with Crippen LogP contribution in [0.25, 0.3) is 0 Å². The minimum absolute atomic E-state index is 0.00111. The van der Waals surface area contributed by atoms with E-state index in [0.29, 0.717) is 17.8 Å². The van der Waals surface area contributed by atoms with Crippen LogP contribution in [-0.4, -0.2) is 31.7 Å². The molecule has 1 aromatic rings. The molecule has 0 radical (unpaired) electrons. The van der Waals surface area contributed by atoms with E-state index in [1.807, 2.05) is 25.8 Å². The van der Waals surface area contributed by atoms with E-state index in [1.54, 1.807) is 12.1 Å². The molecule has 116 valence electrons. The van der Waals surface area contributed by atoms with Gasteiger partial charge in [0.05, 0.1) is 18.2 Å². The monoisotopic (exact) mass is 294 g/mol. The van der Waals surface area contributed by atoms with Crippen LogP contribution < -0.4 is 10.2 Å². The predicted octanol–water partition coefficient (Wildman–Crippen LogP) is 3.18. The molecule has 0 spiro atoms. The summed E-state index contributed by atoms with van der Waals surface area (Å²) in [6, 6.07) is 4.99. The van der Waals surface area contributed by atoms with Gasteiger partial charge >= 0.3 is 0 Å². The maximum atomic E-state index is 14.1. The first kappa shape index (κ1) is 15.8. The van der Waals surface area contributed by atoms with Crippen LogP contribution in [0, 0.1) is 5.82 Å². The van der Waals surface area contributed by atoms with Gasteiger partial charge in [0, 0.05) is 25.4 Å². The summed E-state index contributed by atoms with van der Waals surface area (Å²) < 4.78 is 19.5. The minimum atomic E-state index is -0.332. The molecule has 0 bridgehead atoms. The number of halogens is 1. The van der Waals surface area contributed by atoms with Crippen LogP contribution in [0.4, 0.5) is 15.8 Å². The van der Waals surface area contributed by atoms with Crippen LogP contribution in [0.3, 0.4) is 0 Å². The summed E-state index contributed by atoms with van der Waals surface area (Å²) >= 11 is 0. The van der Waals surface area contributed by atoms with Gasteiger partial charge in [0.25, 0.3) is 0 Å². The Morgan fingerprint density at radius 1 is 1.52 bits per heavy atom. The van der Waals surface area contributed by atoms with Crippen molar-refractivity contribution in [3.63, 3.8) is 0 Å². The second kappa shape index (κ2) is 6.89. The first-order chi connectivity index (χ1) is 9.97. The molecule has 1 aliphatic heterocycles. The molecule has 4 nitrogen and oxygen atoms in total. The fraction of sp³-hybridized carbons (Fsp3) is 0.562. The molecular formula is C16H23FN2O2. The summed E-state index contributed by atoms with van der Waals surface area (Å²) in [7, 11) is 1.85. The number of hydrogen-bond donors (Lipinski definition) is 1. The normalized spacial score (nSPS) is 18.0. The maximum Gasteiger partial charge on any atom is 0.226 e. The van der Waals surface area contributed by atoms with Gasteiger partial charge in [0.2, 0.25) is 5.91 Å². The lowest BCUT2D eigenvalue weighted by atomic mass is 10.1. The van der Waals surface area contributed by atoms with E-state index in [2.05, 4.69) is 5.32 Å². The molecule has 1 atom stereocenters. The number of hydrogen-bond acceptors (Lipinski definition) is 3. The molecule has 1 N–H and O–H groups in total. The summed E-state index contributed by atoms with van der Waals surface area (Å²) in [6.07, 6.45) is 2.25. The summed E-state index contributed by atoms with van der Waals surface area (Å²) in [5.41, 5.74) is 1.01. The fourth-order valence-corrected chi connectivity index (χ4v) is 2.37. The van der Waals surface area contributed by atoms with Crippen molar-refractivity contribution in [1.29, 1.82) is 0 Å². The average molecular weight is 294 g/mol. The van der Waals surface area contributed by atoms with E-state index in [-0.39, 0.29) is 23.9 Å². The van der Waals surface area contributed by atoms with Crippen LogP contribution >= 0.6 is 0 Å². The zero-order valence-electron chi connectivity index (χ0n) is 12.9. The molecule has 1 saturated heterocycles. The molecule has 1 fully saturated rings. The molecule has 2 rings (SSSR count). The first-order valence-electron chi connectivity index (χ1n) is 7.41. The van der Waals surface area contributed by atoms with E-state index in [4.69, 9.17) is 4.74 Å². The number of ether oxygens (including phenoxy) is 1. The summed E-state index contributed by atoms with van der Waals surface area (Å²) in [5, 5.41) is 2.73. The molecule has 21 heavy (non-hydrogen) atoms. The van der Waals surface area contributed by atoms with Crippen molar-refractivity contribution >= 4 is 17.3 Å².